The number of benzene rings is 1. The zero-order chi connectivity index (χ0) is 21.0. The Kier molecular flexibility index (Phi) is 7.47. The second-order valence-corrected chi connectivity index (χ2v) is 7.17. The standard InChI is InChI=1S/C14H21NO2.C4H6O6/c1-10-6-5-7-12(8-10)14(16)11(2)15-13(3,4)9-17-14;5-1(3(7)8)2(6)4(9)10/h5-8,11,15-16H,9H2,1-4H3;1-2,5-6H,(H,7,8)(H,9,10)/t11-,14+;1-,2-/m00/s1. The molecule has 1 saturated heterocycles. The third kappa shape index (κ3) is 5.98. The molecule has 9 nitrogen and oxygen atoms in total. The average Bonchev–Trinajstić information content (AvgIpc) is 2.57. The zero-order valence-electron chi connectivity index (χ0n) is 15.7. The summed E-state index contributed by atoms with van der Waals surface area (Å²) in [4.78, 5) is 19.5. The van der Waals surface area contributed by atoms with Gasteiger partial charge in [-0.25, -0.2) is 9.59 Å². The van der Waals surface area contributed by atoms with Crippen LogP contribution in [0, 0.1) is 6.92 Å². The van der Waals surface area contributed by atoms with Gasteiger partial charge in [0.1, 0.15) is 0 Å². The Morgan fingerprint density at radius 2 is 1.70 bits per heavy atom. The molecule has 1 aliphatic rings. The molecule has 0 amide bonds. The van der Waals surface area contributed by atoms with Crippen LogP contribution in [0.15, 0.2) is 24.3 Å². The highest BCUT2D eigenvalue weighted by molar-refractivity contribution is 5.83. The lowest BCUT2D eigenvalue weighted by molar-refractivity contribution is -0.263. The van der Waals surface area contributed by atoms with E-state index in [0.717, 1.165) is 11.1 Å². The molecule has 0 unspecified atom stereocenters. The van der Waals surface area contributed by atoms with E-state index in [0.29, 0.717) is 6.61 Å². The molecule has 0 spiro atoms. The van der Waals surface area contributed by atoms with E-state index in [1.807, 2.05) is 38.1 Å². The number of carboxylic acids is 2. The highest BCUT2D eigenvalue weighted by Crippen LogP contribution is 2.32. The topological polar surface area (TPSA) is 157 Å². The van der Waals surface area contributed by atoms with Crippen molar-refractivity contribution in [2.24, 2.45) is 0 Å². The summed E-state index contributed by atoms with van der Waals surface area (Å²) in [6.07, 6.45) is -4.53. The molecule has 0 aromatic heterocycles. The molecular weight excluding hydrogens is 358 g/mol. The van der Waals surface area contributed by atoms with Crippen molar-refractivity contribution in [1.29, 1.82) is 0 Å². The fourth-order valence-electron chi connectivity index (χ4n) is 2.61. The number of hydrogen-bond donors (Lipinski definition) is 6. The first-order valence-corrected chi connectivity index (χ1v) is 8.33. The molecule has 27 heavy (non-hydrogen) atoms. The van der Waals surface area contributed by atoms with Crippen molar-refractivity contribution in [1.82, 2.24) is 5.32 Å². The Morgan fingerprint density at radius 1 is 1.19 bits per heavy atom. The van der Waals surface area contributed by atoms with Gasteiger partial charge in [0.25, 0.3) is 0 Å². The van der Waals surface area contributed by atoms with E-state index in [1.165, 1.54) is 0 Å². The largest absolute Gasteiger partial charge is 0.479 e. The molecule has 1 aromatic carbocycles. The van der Waals surface area contributed by atoms with E-state index >= 15 is 0 Å². The first kappa shape index (κ1) is 23.0. The van der Waals surface area contributed by atoms with Gasteiger partial charge in [-0.3, -0.25) is 0 Å². The zero-order valence-corrected chi connectivity index (χ0v) is 15.7. The summed E-state index contributed by atoms with van der Waals surface area (Å²) in [5, 5.41) is 46.6. The number of nitrogens with one attached hydrogen (secondary N) is 1. The van der Waals surface area contributed by atoms with Crippen LogP contribution in [0.5, 0.6) is 0 Å². The molecule has 2 rings (SSSR count). The number of carboxylic acid groups (broad SMARTS) is 2. The molecule has 0 bridgehead atoms. The number of aliphatic carboxylic acids is 2. The van der Waals surface area contributed by atoms with Crippen LogP contribution in [0.25, 0.3) is 0 Å². The van der Waals surface area contributed by atoms with Crippen molar-refractivity contribution in [2.45, 2.75) is 57.3 Å². The van der Waals surface area contributed by atoms with Gasteiger partial charge in [-0.05, 0) is 27.7 Å². The van der Waals surface area contributed by atoms with Gasteiger partial charge in [0.05, 0.1) is 12.6 Å². The van der Waals surface area contributed by atoms with Crippen molar-refractivity contribution >= 4 is 11.9 Å². The first-order valence-electron chi connectivity index (χ1n) is 8.33. The maximum atomic E-state index is 10.7. The second kappa shape index (κ2) is 8.77. The first-order chi connectivity index (χ1) is 12.3. The van der Waals surface area contributed by atoms with Crippen molar-refractivity contribution in [3.05, 3.63) is 35.4 Å². The lowest BCUT2D eigenvalue weighted by atomic mass is 9.92. The maximum absolute atomic E-state index is 10.7. The summed E-state index contributed by atoms with van der Waals surface area (Å²) in [5.41, 5.74) is 1.83. The van der Waals surface area contributed by atoms with Crippen LogP contribution in [0.2, 0.25) is 0 Å². The van der Waals surface area contributed by atoms with Crippen LogP contribution in [0.3, 0.4) is 0 Å². The predicted octanol–water partition coefficient (Wildman–Crippen LogP) is -0.196. The molecule has 9 heteroatoms. The number of aryl methyl sites for hydroxylation is 1. The van der Waals surface area contributed by atoms with Gasteiger partial charge in [0, 0.05) is 11.1 Å². The van der Waals surface area contributed by atoms with E-state index in [-0.39, 0.29) is 11.6 Å². The highest BCUT2D eigenvalue weighted by Gasteiger charge is 2.44. The summed E-state index contributed by atoms with van der Waals surface area (Å²) in [6.45, 7) is 8.58. The Hall–Kier alpha value is -2.04. The van der Waals surface area contributed by atoms with Crippen molar-refractivity contribution < 1.29 is 39.9 Å². The Morgan fingerprint density at radius 3 is 2.11 bits per heavy atom. The SMILES string of the molecule is Cc1cccc([C@]2(O)OCC(C)(C)N[C@H]2C)c1.O=C(O)[C@@H](O)[C@H](O)C(=O)O. The molecule has 6 N–H and O–H groups in total. The van der Waals surface area contributed by atoms with Crippen LogP contribution >= 0.6 is 0 Å². The molecule has 152 valence electrons. The average molecular weight is 385 g/mol. The molecule has 1 heterocycles. The van der Waals surface area contributed by atoms with E-state index in [9.17, 15) is 14.7 Å². The molecule has 4 atom stereocenters. The van der Waals surface area contributed by atoms with Gasteiger partial charge in [-0.2, -0.15) is 0 Å². The number of hydrogen-bond acceptors (Lipinski definition) is 7. The molecule has 0 saturated carbocycles. The molecule has 0 radical (unpaired) electrons. The summed E-state index contributed by atoms with van der Waals surface area (Å²) in [7, 11) is 0. The summed E-state index contributed by atoms with van der Waals surface area (Å²) < 4.78 is 5.73. The normalized spacial score (nSPS) is 26.3. The summed E-state index contributed by atoms with van der Waals surface area (Å²) >= 11 is 0. The van der Waals surface area contributed by atoms with Crippen molar-refractivity contribution in [2.75, 3.05) is 6.61 Å². The molecule has 0 aliphatic carbocycles. The Balaban J connectivity index is 0.000000314. The Labute approximate surface area is 157 Å². The molecule has 1 aromatic rings. The van der Waals surface area contributed by atoms with Crippen molar-refractivity contribution in [3.63, 3.8) is 0 Å². The number of aliphatic hydroxyl groups excluding tert-OH is 2. The third-order valence-electron chi connectivity index (χ3n) is 4.08. The maximum Gasteiger partial charge on any atom is 0.335 e. The van der Waals surface area contributed by atoms with E-state index in [1.54, 1.807) is 0 Å². The van der Waals surface area contributed by atoms with Gasteiger partial charge in [-0.1, -0.05) is 29.8 Å². The number of ether oxygens (including phenoxy) is 1. The minimum absolute atomic E-state index is 0.102. The lowest BCUT2D eigenvalue weighted by Crippen LogP contribution is -2.63. The second-order valence-electron chi connectivity index (χ2n) is 7.17. The molecular formula is C18H27NO8. The molecule has 1 fully saturated rings. The summed E-state index contributed by atoms with van der Waals surface area (Å²) in [6, 6.07) is 7.68. The third-order valence-corrected chi connectivity index (χ3v) is 4.08. The van der Waals surface area contributed by atoms with E-state index in [2.05, 4.69) is 19.2 Å². The van der Waals surface area contributed by atoms with Crippen LogP contribution in [-0.4, -0.2) is 67.9 Å². The van der Waals surface area contributed by atoms with Gasteiger partial charge < -0.3 is 35.6 Å². The van der Waals surface area contributed by atoms with Crippen LogP contribution < -0.4 is 5.32 Å². The van der Waals surface area contributed by atoms with Crippen LogP contribution in [0.1, 0.15) is 31.9 Å². The monoisotopic (exact) mass is 385 g/mol. The number of morpholine rings is 1. The fourth-order valence-corrected chi connectivity index (χ4v) is 2.61. The number of aliphatic hydroxyl groups is 3. The van der Waals surface area contributed by atoms with Crippen LogP contribution in [-0.2, 0) is 20.1 Å². The fraction of sp³-hybridized carbons (Fsp3) is 0.556. The van der Waals surface area contributed by atoms with E-state index < -0.39 is 29.9 Å². The Bertz CT molecular complexity index is 659. The van der Waals surface area contributed by atoms with E-state index in [4.69, 9.17) is 25.2 Å². The number of carbonyl (C=O) groups is 2. The quantitative estimate of drug-likeness (QED) is 0.413. The van der Waals surface area contributed by atoms with Gasteiger partial charge in [0.15, 0.2) is 12.2 Å². The minimum atomic E-state index is -2.27. The minimum Gasteiger partial charge on any atom is -0.479 e. The predicted molar refractivity (Wildman–Crippen MR) is 95.0 cm³/mol. The summed E-state index contributed by atoms with van der Waals surface area (Å²) in [5.74, 6) is -4.77. The number of rotatable bonds is 4. The smallest absolute Gasteiger partial charge is 0.335 e. The van der Waals surface area contributed by atoms with Gasteiger partial charge in [0.2, 0.25) is 5.79 Å². The highest BCUT2D eigenvalue weighted by atomic mass is 16.6. The lowest BCUT2D eigenvalue weighted by Gasteiger charge is -2.46. The molecule has 1 aliphatic heterocycles. The van der Waals surface area contributed by atoms with Gasteiger partial charge >= 0.3 is 11.9 Å². The van der Waals surface area contributed by atoms with Crippen molar-refractivity contribution in [3.8, 4) is 0 Å². The van der Waals surface area contributed by atoms with Gasteiger partial charge in [-0.15, -0.1) is 0 Å². The van der Waals surface area contributed by atoms with Crippen LogP contribution in [0.4, 0.5) is 0 Å².